The minimum absolute atomic E-state index is 0.204. The van der Waals surface area contributed by atoms with Crippen LogP contribution in [-0.4, -0.2) is 35.8 Å². The summed E-state index contributed by atoms with van der Waals surface area (Å²) in [5.41, 5.74) is 0. The van der Waals surface area contributed by atoms with Gasteiger partial charge < -0.3 is 10.2 Å². The third kappa shape index (κ3) is 3.58. The molecule has 0 atom stereocenters. The van der Waals surface area contributed by atoms with Crippen molar-refractivity contribution in [3.8, 4) is 0 Å². The molecule has 0 radical (unpaired) electrons. The standard InChI is InChI=1S/C11H16N2O2/c1-3-7-13(8-4-2)11(15)10(14)12-9-5-6-9/h3-4,9H,1-2,5-8H2,(H,12,14). The van der Waals surface area contributed by atoms with E-state index in [1.807, 2.05) is 0 Å². The van der Waals surface area contributed by atoms with Gasteiger partial charge in [-0.05, 0) is 12.8 Å². The van der Waals surface area contributed by atoms with Crippen LogP contribution < -0.4 is 5.32 Å². The lowest BCUT2D eigenvalue weighted by atomic mass is 10.4. The van der Waals surface area contributed by atoms with Crippen molar-refractivity contribution < 1.29 is 9.59 Å². The fourth-order valence-electron chi connectivity index (χ4n) is 1.17. The van der Waals surface area contributed by atoms with E-state index in [1.54, 1.807) is 12.2 Å². The molecule has 82 valence electrons. The largest absolute Gasteiger partial charge is 0.345 e. The summed E-state index contributed by atoms with van der Waals surface area (Å²) in [6.45, 7) is 7.80. The predicted molar refractivity (Wildman–Crippen MR) is 58.1 cm³/mol. The van der Waals surface area contributed by atoms with E-state index in [1.165, 1.54) is 4.90 Å². The zero-order valence-electron chi connectivity index (χ0n) is 8.74. The number of hydrogen-bond donors (Lipinski definition) is 1. The van der Waals surface area contributed by atoms with Gasteiger partial charge in [0.2, 0.25) is 0 Å². The fourth-order valence-corrected chi connectivity index (χ4v) is 1.17. The number of carbonyl (C=O) groups excluding carboxylic acids is 2. The van der Waals surface area contributed by atoms with Crippen molar-refractivity contribution in [1.29, 1.82) is 0 Å². The first kappa shape index (κ1) is 11.5. The monoisotopic (exact) mass is 208 g/mol. The second kappa shape index (κ2) is 5.34. The lowest BCUT2D eigenvalue weighted by molar-refractivity contribution is -0.145. The number of hydrogen-bond acceptors (Lipinski definition) is 2. The van der Waals surface area contributed by atoms with Crippen LogP contribution in [0.4, 0.5) is 0 Å². The third-order valence-corrected chi connectivity index (χ3v) is 2.09. The molecule has 2 amide bonds. The number of nitrogens with one attached hydrogen (secondary N) is 1. The molecule has 1 rings (SSSR count). The Morgan fingerprint density at radius 2 is 1.80 bits per heavy atom. The number of rotatable bonds is 5. The molecular formula is C11H16N2O2. The Morgan fingerprint density at radius 3 is 2.20 bits per heavy atom. The molecule has 0 unspecified atom stereocenters. The summed E-state index contributed by atoms with van der Waals surface area (Å²) >= 11 is 0. The number of nitrogens with zero attached hydrogens (tertiary/aromatic N) is 1. The molecule has 0 heterocycles. The maximum atomic E-state index is 11.6. The van der Waals surface area contributed by atoms with Crippen LogP contribution in [0.25, 0.3) is 0 Å². The highest BCUT2D eigenvalue weighted by Crippen LogP contribution is 2.18. The van der Waals surface area contributed by atoms with Crippen molar-refractivity contribution in [3.63, 3.8) is 0 Å². The van der Waals surface area contributed by atoms with Gasteiger partial charge >= 0.3 is 11.8 Å². The lowest BCUT2D eigenvalue weighted by Crippen LogP contribution is -2.43. The first-order valence-corrected chi connectivity index (χ1v) is 5.00. The minimum Gasteiger partial charge on any atom is -0.345 e. The minimum atomic E-state index is -0.527. The molecule has 0 saturated heterocycles. The van der Waals surface area contributed by atoms with Gasteiger partial charge in [0.15, 0.2) is 0 Å². The zero-order valence-corrected chi connectivity index (χ0v) is 8.74. The fraction of sp³-hybridized carbons (Fsp3) is 0.455. The van der Waals surface area contributed by atoms with Crippen LogP contribution in [-0.2, 0) is 9.59 Å². The lowest BCUT2D eigenvalue weighted by Gasteiger charge is -2.18. The maximum absolute atomic E-state index is 11.6. The van der Waals surface area contributed by atoms with E-state index < -0.39 is 11.8 Å². The van der Waals surface area contributed by atoms with Gasteiger partial charge in [0.25, 0.3) is 0 Å². The van der Waals surface area contributed by atoms with Crippen LogP contribution in [0.3, 0.4) is 0 Å². The van der Waals surface area contributed by atoms with Crippen LogP contribution in [0.2, 0.25) is 0 Å². The molecule has 1 aliphatic rings. The molecule has 0 aromatic heterocycles. The Morgan fingerprint density at radius 1 is 1.27 bits per heavy atom. The molecule has 1 aliphatic carbocycles. The van der Waals surface area contributed by atoms with E-state index in [2.05, 4.69) is 18.5 Å². The zero-order chi connectivity index (χ0) is 11.3. The van der Waals surface area contributed by atoms with E-state index >= 15 is 0 Å². The second-order valence-corrected chi connectivity index (χ2v) is 3.54. The predicted octanol–water partition coefficient (Wildman–Crippen LogP) is 0.466. The Kier molecular flexibility index (Phi) is 4.09. The maximum Gasteiger partial charge on any atom is 0.312 e. The normalized spacial score (nSPS) is 14.1. The van der Waals surface area contributed by atoms with Gasteiger partial charge in [0.1, 0.15) is 0 Å². The number of carbonyl (C=O) groups is 2. The molecule has 15 heavy (non-hydrogen) atoms. The molecule has 1 N–H and O–H groups in total. The van der Waals surface area contributed by atoms with Gasteiger partial charge in [-0.2, -0.15) is 0 Å². The molecule has 1 saturated carbocycles. The molecule has 1 fully saturated rings. The molecule has 0 aliphatic heterocycles. The highest BCUT2D eigenvalue weighted by molar-refractivity contribution is 6.35. The van der Waals surface area contributed by atoms with Gasteiger partial charge in [-0.1, -0.05) is 12.2 Å². The SMILES string of the molecule is C=CCN(CC=C)C(=O)C(=O)NC1CC1. The molecule has 0 aromatic carbocycles. The van der Waals surface area contributed by atoms with Crippen molar-refractivity contribution in [3.05, 3.63) is 25.3 Å². The highest BCUT2D eigenvalue weighted by atomic mass is 16.2. The Balaban J connectivity index is 2.48. The first-order valence-electron chi connectivity index (χ1n) is 5.00. The third-order valence-electron chi connectivity index (χ3n) is 2.09. The Hall–Kier alpha value is -1.58. The number of amides is 2. The van der Waals surface area contributed by atoms with Gasteiger partial charge in [-0.15, -0.1) is 13.2 Å². The summed E-state index contributed by atoms with van der Waals surface area (Å²) in [4.78, 5) is 24.4. The van der Waals surface area contributed by atoms with E-state index in [4.69, 9.17) is 0 Å². The molecular weight excluding hydrogens is 192 g/mol. The van der Waals surface area contributed by atoms with Crippen molar-refractivity contribution in [2.75, 3.05) is 13.1 Å². The van der Waals surface area contributed by atoms with Crippen molar-refractivity contribution in [2.45, 2.75) is 18.9 Å². The van der Waals surface area contributed by atoms with Crippen LogP contribution >= 0.6 is 0 Å². The van der Waals surface area contributed by atoms with Gasteiger partial charge in [0, 0.05) is 19.1 Å². The van der Waals surface area contributed by atoms with E-state index in [0.29, 0.717) is 13.1 Å². The average molecular weight is 208 g/mol. The summed E-state index contributed by atoms with van der Waals surface area (Å²) in [6, 6.07) is 0.204. The first-order chi connectivity index (χ1) is 7.19. The van der Waals surface area contributed by atoms with Crippen molar-refractivity contribution >= 4 is 11.8 Å². The quantitative estimate of drug-likeness (QED) is 0.527. The van der Waals surface area contributed by atoms with Crippen LogP contribution in [0, 0.1) is 0 Å². The van der Waals surface area contributed by atoms with Gasteiger partial charge in [-0.25, -0.2) is 0 Å². The smallest absolute Gasteiger partial charge is 0.312 e. The molecule has 0 aromatic rings. The van der Waals surface area contributed by atoms with Crippen LogP contribution in [0.5, 0.6) is 0 Å². The van der Waals surface area contributed by atoms with Crippen LogP contribution in [0.1, 0.15) is 12.8 Å². The van der Waals surface area contributed by atoms with E-state index in [-0.39, 0.29) is 6.04 Å². The summed E-state index contributed by atoms with van der Waals surface area (Å²) in [7, 11) is 0. The summed E-state index contributed by atoms with van der Waals surface area (Å²) in [5.74, 6) is -1.04. The average Bonchev–Trinajstić information content (AvgIpc) is 3.00. The van der Waals surface area contributed by atoms with E-state index in [9.17, 15) is 9.59 Å². The van der Waals surface area contributed by atoms with E-state index in [0.717, 1.165) is 12.8 Å². The Labute approximate surface area is 89.6 Å². The second-order valence-electron chi connectivity index (χ2n) is 3.54. The van der Waals surface area contributed by atoms with Crippen molar-refractivity contribution in [1.82, 2.24) is 10.2 Å². The summed E-state index contributed by atoms with van der Waals surface area (Å²) in [5, 5.41) is 2.65. The molecule has 0 spiro atoms. The Bertz CT molecular complexity index is 272. The molecule has 0 bridgehead atoms. The molecule has 4 nitrogen and oxygen atoms in total. The summed E-state index contributed by atoms with van der Waals surface area (Å²) < 4.78 is 0. The van der Waals surface area contributed by atoms with Gasteiger partial charge in [0.05, 0.1) is 0 Å². The molecule has 4 heteroatoms. The summed E-state index contributed by atoms with van der Waals surface area (Å²) in [6.07, 6.45) is 5.13. The highest BCUT2D eigenvalue weighted by Gasteiger charge is 2.28. The van der Waals surface area contributed by atoms with Gasteiger partial charge in [-0.3, -0.25) is 9.59 Å². The topological polar surface area (TPSA) is 49.4 Å². The van der Waals surface area contributed by atoms with Crippen LogP contribution in [0.15, 0.2) is 25.3 Å². The van der Waals surface area contributed by atoms with Crippen molar-refractivity contribution in [2.24, 2.45) is 0 Å².